The van der Waals surface area contributed by atoms with Crippen molar-refractivity contribution in [3.8, 4) is 0 Å². The molecule has 4 nitrogen and oxygen atoms in total. The normalized spacial score (nSPS) is 13.4. The van der Waals surface area contributed by atoms with Gasteiger partial charge in [0.25, 0.3) is 0 Å². The van der Waals surface area contributed by atoms with Gasteiger partial charge < -0.3 is 8.83 Å². The van der Waals surface area contributed by atoms with Gasteiger partial charge in [-0.2, -0.15) is 26.3 Å². The highest BCUT2D eigenvalue weighted by molar-refractivity contribution is 4.94. The monoisotopic (exact) mass is 266 g/mol. The van der Waals surface area contributed by atoms with Gasteiger partial charge in [0.05, 0.1) is 6.42 Å². The van der Waals surface area contributed by atoms with Gasteiger partial charge in [0.15, 0.2) is 5.76 Å². The first kappa shape index (κ1) is 13.6. The van der Waals surface area contributed by atoms with Crippen LogP contribution < -0.4 is 5.82 Å². The summed E-state index contributed by atoms with van der Waals surface area (Å²) in [6.45, 7) is -4.08. The average Bonchev–Trinajstić information content (AvgIpc) is 2.47. The van der Waals surface area contributed by atoms with Gasteiger partial charge in [-0.15, -0.1) is 0 Å². The Morgan fingerprint density at radius 2 is 1.88 bits per heavy atom. The van der Waals surface area contributed by atoms with Gasteiger partial charge in [-0.1, -0.05) is 0 Å². The first-order chi connectivity index (χ1) is 7.64. The summed E-state index contributed by atoms with van der Waals surface area (Å²) in [6.07, 6.45) is -6.86. The molecule has 0 saturated carbocycles. The molecule has 0 radical (unpaired) electrons. The third-order valence-corrected chi connectivity index (χ3v) is 1.56. The summed E-state index contributed by atoms with van der Waals surface area (Å²) < 4.78 is 84.1. The smallest absolute Gasteiger partial charge is 0.399 e. The largest absolute Gasteiger partial charge is 0.518 e. The minimum Gasteiger partial charge on any atom is -0.399 e. The number of halogens is 6. The van der Waals surface area contributed by atoms with E-state index in [9.17, 15) is 31.1 Å². The maximum absolute atomic E-state index is 12.8. The molecule has 0 unspecified atom stereocenters. The van der Waals surface area contributed by atoms with Crippen molar-refractivity contribution in [2.75, 3.05) is 0 Å². The van der Waals surface area contributed by atoms with Crippen molar-refractivity contribution in [1.29, 1.82) is 0 Å². The second-order valence-electron chi connectivity index (χ2n) is 2.83. The lowest BCUT2D eigenvalue weighted by molar-refractivity contribution is -0.393. The predicted octanol–water partition coefficient (Wildman–Crippen LogP) is 2.24. The van der Waals surface area contributed by atoms with Crippen molar-refractivity contribution < 1.29 is 39.9 Å². The van der Waals surface area contributed by atoms with Crippen LogP contribution in [0.15, 0.2) is 19.9 Å². The van der Waals surface area contributed by atoms with Gasteiger partial charge in [-0.3, -0.25) is 4.74 Å². The first-order valence-electron chi connectivity index (χ1n) is 3.93. The van der Waals surface area contributed by atoms with E-state index in [1.807, 2.05) is 0 Å². The molecule has 1 rings (SSSR count). The van der Waals surface area contributed by atoms with E-state index >= 15 is 0 Å². The lowest BCUT2D eigenvalue weighted by atomic mass is 10.2. The van der Waals surface area contributed by atoms with E-state index in [4.69, 9.17) is 0 Å². The van der Waals surface area contributed by atoms with Crippen LogP contribution in [0.1, 0.15) is 5.76 Å². The Morgan fingerprint density at radius 3 is 2.29 bits per heavy atom. The van der Waals surface area contributed by atoms with Crippen molar-refractivity contribution in [1.82, 2.24) is 0 Å². The molecule has 0 aliphatic heterocycles. The Labute approximate surface area is 88.8 Å². The summed E-state index contributed by atoms with van der Waals surface area (Å²) in [5.41, 5.74) is 0. The van der Waals surface area contributed by atoms with Gasteiger partial charge in [-0.05, 0) is 0 Å². The number of hydrogen-bond donors (Lipinski definition) is 0. The van der Waals surface area contributed by atoms with E-state index in [0.29, 0.717) is 6.26 Å². The molecule has 0 N–H and O–H groups in total. The van der Waals surface area contributed by atoms with E-state index in [1.54, 1.807) is 0 Å². The molecule has 0 aliphatic rings. The van der Waals surface area contributed by atoms with Crippen LogP contribution in [0, 0.1) is 0 Å². The Bertz CT molecular complexity index is 422. The van der Waals surface area contributed by atoms with Crippen LogP contribution in [-0.4, -0.2) is 18.6 Å². The second-order valence-corrected chi connectivity index (χ2v) is 2.83. The van der Waals surface area contributed by atoms with Crippen LogP contribution in [0.2, 0.25) is 0 Å². The second kappa shape index (κ2) is 4.43. The minimum absolute atomic E-state index is 0.370. The lowest BCUT2D eigenvalue weighted by Gasteiger charge is -2.24. The molecule has 1 aromatic heterocycles. The highest BCUT2D eigenvalue weighted by Gasteiger charge is 2.60. The average molecular weight is 266 g/mol. The molecular weight excluding hydrogens is 262 g/mol. The standard InChI is InChI=1S/C7H4F6O4/c8-4(9)17-7(12,13)6(10,11)1-3-2-15-5(14)16-3/h2,4H,1H2. The van der Waals surface area contributed by atoms with Crippen LogP contribution in [0.4, 0.5) is 26.3 Å². The summed E-state index contributed by atoms with van der Waals surface area (Å²) in [4.78, 5) is 10.3. The highest BCUT2D eigenvalue weighted by atomic mass is 19.3. The van der Waals surface area contributed by atoms with E-state index in [0.717, 1.165) is 0 Å². The van der Waals surface area contributed by atoms with Crippen molar-refractivity contribution in [3.63, 3.8) is 0 Å². The molecule has 0 bridgehead atoms. The van der Waals surface area contributed by atoms with E-state index in [2.05, 4.69) is 13.6 Å². The van der Waals surface area contributed by atoms with Crippen molar-refractivity contribution in [3.05, 3.63) is 22.6 Å². The zero-order valence-electron chi connectivity index (χ0n) is 7.76. The Kier molecular flexibility index (Phi) is 3.55. The molecule has 10 heteroatoms. The molecule has 0 atom stereocenters. The van der Waals surface area contributed by atoms with Gasteiger partial charge in [0, 0.05) is 0 Å². The number of alkyl halides is 6. The fraction of sp³-hybridized carbons (Fsp3) is 0.571. The predicted molar refractivity (Wildman–Crippen MR) is 37.9 cm³/mol. The van der Waals surface area contributed by atoms with Crippen LogP contribution in [0.3, 0.4) is 0 Å². The SMILES string of the molecule is O=c1occ(CC(F)(F)C(F)(F)OC(F)F)o1. The lowest BCUT2D eigenvalue weighted by Crippen LogP contribution is -2.45. The van der Waals surface area contributed by atoms with Crippen molar-refractivity contribution in [2.24, 2.45) is 0 Å². The third-order valence-electron chi connectivity index (χ3n) is 1.56. The van der Waals surface area contributed by atoms with Crippen LogP contribution >= 0.6 is 0 Å². The highest BCUT2D eigenvalue weighted by Crippen LogP contribution is 2.38. The molecule has 0 spiro atoms. The van der Waals surface area contributed by atoms with Gasteiger partial charge in [0.1, 0.15) is 6.26 Å². The molecule has 0 aliphatic carbocycles. The van der Waals surface area contributed by atoms with Crippen LogP contribution in [0.25, 0.3) is 0 Å². The van der Waals surface area contributed by atoms with Crippen LogP contribution in [-0.2, 0) is 11.2 Å². The van der Waals surface area contributed by atoms with E-state index in [-0.39, 0.29) is 0 Å². The molecule has 0 fully saturated rings. The fourth-order valence-electron chi connectivity index (χ4n) is 0.867. The molecule has 0 saturated heterocycles. The van der Waals surface area contributed by atoms with Gasteiger partial charge in [0.2, 0.25) is 0 Å². The summed E-state index contributed by atoms with van der Waals surface area (Å²) in [7, 11) is 0. The Balaban J connectivity index is 2.83. The zero-order valence-corrected chi connectivity index (χ0v) is 7.76. The number of hydrogen-bond acceptors (Lipinski definition) is 4. The number of rotatable bonds is 5. The van der Waals surface area contributed by atoms with Gasteiger partial charge in [-0.25, -0.2) is 4.79 Å². The fourth-order valence-corrected chi connectivity index (χ4v) is 0.867. The molecule has 17 heavy (non-hydrogen) atoms. The Hall–Kier alpha value is -1.45. The Morgan fingerprint density at radius 1 is 1.29 bits per heavy atom. The van der Waals surface area contributed by atoms with Gasteiger partial charge >= 0.3 is 24.5 Å². The summed E-state index contributed by atoms with van der Waals surface area (Å²) in [5.74, 6) is -7.28. The van der Waals surface area contributed by atoms with Crippen molar-refractivity contribution in [2.45, 2.75) is 25.1 Å². The maximum Gasteiger partial charge on any atom is 0.518 e. The quantitative estimate of drug-likeness (QED) is 0.767. The van der Waals surface area contributed by atoms with E-state index < -0.39 is 36.6 Å². The zero-order chi connectivity index (χ0) is 13.3. The molecule has 0 aromatic carbocycles. The topological polar surface area (TPSA) is 52.6 Å². The molecule has 98 valence electrons. The maximum atomic E-state index is 12.8. The molecule has 0 amide bonds. The molecule has 1 aromatic rings. The van der Waals surface area contributed by atoms with E-state index in [1.165, 1.54) is 0 Å². The summed E-state index contributed by atoms with van der Waals surface area (Å²) >= 11 is 0. The summed E-state index contributed by atoms with van der Waals surface area (Å²) in [6, 6.07) is 0. The third kappa shape index (κ3) is 3.25. The van der Waals surface area contributed by atoms with Crippen molar-refractivity contribution >= 4 is 0 Å². The molecule has 1 heterocycles. The first-order valence-corrected chi connectivity index (χ1v) is 3.93. The van der Waals surface area contributed by atoms with Crippen LogP contribution in [0.5, 0.6) is 0 Å². The minimum atomic E-state index is -5.41. The number of ether oxygens (including phenoxy) is 1. The summed E-state index contributed by atoms with van der Waals surface area (Å²) in [5, 5.41) is 0. The molecular formula is C7H4F6O4.